The molecule has 0 aliphatic heterocycles. The monoisotopic (exact) mass is 365 g/mol. The van der Waals surface area contributed by atoms with E-state index in [9.17, 15) is 4.79 Å². The minimum absolute atomic E-state index is 0.885. The number of benzene rings is 1. The highest BCUT2D eigenvalue weighted by Gasteiger charge is 2.07. The van der Waals surface area contributed by atoms with E-state index in [2.05, 4.69) is 38.3 Å². The number of nitrogens with zero attached hydrogens (tertiary/aromatic N) is 1. The maximum atomic E-state index is 10.7. The van der Waals surface area contributed by atoms with E-state index in [1.165, 1.54) is 11.0 Å². The van der Waals surface area contributed by atoms with Gasteiger partial charge in [0.1, 0.15) is 0 Å². The number of carboxylic acids is 1. The molecule has 0 aliphatic rings. The molecule has 1 aromatic heterocycles. The maximum Gasteiger partial charge on any atom is 0.328 e. The van der Waals surface area contributed by atoms with E-state index in [-0.39, 0.29) is 0 Å². The Kier molecular flexibility index (Phi) is 5.59. The number of anilines is 1. The summed E-state index contributed by atoms with van der Waals surface area (Å²) in [5.41, 5.74) is 1.91. The normalized spacial score (nSPS) is 11.0. The fourth-order valence-corrected chi connectivity index (χ4v) is 3.10. The Morgan fingerprint density at radius 3 is 2.90 bits per heavy atom. The summed E-state index contributed by atoms with van der Waals surface area (Å²) in [5.74, 6) is -0.942. The van der Waals surface area contributed by atoms with Crippen molar-refractivity contribution in [2.45, 2.75) is 6.42 Å². The number of hydrogen-bond acceptors (Lipinski definition) is 3. The molecule has 1 heterocycles. The first-order valence-corrected chi connectivity index (χ1v) is 8.17. The second kappa shape index (κ2) is 7.43. The largest absolute Gasteiger partial charge is 0.478 e. The molecule has 5 heteroatoms. The highest BCUT2D eigenvalue weighted by Crippen LogP contribution is 2.25. The van der Waals surface area contributed by atoms with Gasteiger partial charge in [0.25, 0.3) is 0 Å². The van der Waals surface area contributed by atoms with Crippen LogP contribution in [0.25, 0.3) is 6.08 Å². The van der Waals surface area contributed by atoms with Gasteiger partial charge in [-0.25, -0.2) is 4.79 Å². The Bertz CT molecular complexity index is 638. The zero-order valence-corrected chi connectivity index (χ0v) is 14.0. The summed E-state index contributed by atoms with van der Waals surface area (Å²) in [6, 6.07) is 10.1. The summed E-state index contributed by atoms with van der Waals surface area (Å²) in [4.78, 5) is 14.2. The van der Waals surface area contributed by atoms with Gasteiger partial charge in [-0.2, -0.15) is 0 Å². The van der Waals surface area contributed by atoms with E-state index in [4.69, 9.17) is 5.11 Å². The van der Waals surface area contributed by atoms with E-state index in [0.29, 0.717) is 0 Å². The molecule has 3 nitrogen and oxygen atoms in total. The van der Waals surface area contributed by atoms with Gasteiger partial charge >= 0.3 is 5.97 Å². The van der Waals surface area contributed by atoms with Gasteiger partial charge in [-0.15, -0.1) is 11.3 Å². The highest BCUT2D eigenvalue weighted by molar-refractivity contribution is 9.10. The third-order valence-electron chi connectivity index (χ3n) is 3.08. The van der Waals surface area contributed by atoms with Crippen LogP contribution in [0.4, 0.5) is 5.69 Å². The Morgan fingerprint density at radius 1 is 1.43 bits per heavy atom. The topological polar surface area (TPSA) is 40.5 Å². The SMILES string of the molecule is CN(CCc1cccs1)c1ccc(Br)cc1/C=C/C(=O)O. The van der Waals surface area contributed by atoms with Crippen LogP contribution in [0.3, 0.4) is 0 Å². The summed E-state index contributed by atoms with van der Waals surface area (Å²) in [6.45, 7) is 0.885. The third-order valence-corrected chi connectivity index (χ3v) is 4.51. The van der Waals surface area contributed by atoms with Crippen LogP contribution in [-0.4, -0.2) is 24.7 Å². The number of carbonyl (C=O) groups is 1. The molecule has 110 valence electrons. The van der Waals surface area contributed by atoms with Crippen LogP contribution < -0.4 is 4.90 Å². The molecule has 0 fully saturated rings. The summed E-state index contributed by atoms with van der Waals surface area (Å²) in [6.07, 6.45) is 3.77. The lowest BCUT2D eigenvalue weighted by Crippen LogP contribution is -2.20. The molecule has 0 unspecified atom stereocenters. The van der Waals surface area contributed by atoms with E-state index >= 15 is 0 Å². The second-order valence-electron chi connectivity index (χ2n) is 4.63. The van der Waals surface area contributed by atoms with Crippen molar-refractivity contribution >= 4 is 45.0 Å². The maximum absolute atomic E-state index is 10.7. The van der Waals surface area contributed by atoms with Crippen molar-refractivity contribution < 1.29 is 9.90 Å². The summed E-state index contributed by atoms with van der Waals surface area (Å²) >= 11 is 5.18. The summed E-state index contributed by atoms with van der Waals surface area (Å²) < 4.78 is 0.933. The lowest BCUT2D eigenvalue weighted by Gasteiger charge is -2.21. The van der Waals surface area contributed by atoms with Crippen LogP contribution in [0, 0.1) is 0 Å². The number of hydrogen-bond donors (Lipinski definition) is 1. The van der Waals surface area contributed by atoms with Gasteiger partial charge in [-0.05, 0) is 47.7 Å². The summed E-state index contributed by atoms with van der Waals surface area (Å²) in [7, 11) is 2.02. The van der Waals surface area contributed by atoms with Gasteiger partial charge < -0.3 is 10.0 Å². The number of rotatable bonds is 6. The molecule has 2 rings (SSSR count). The molecular formula is C16H16BrNO2S. The molecule has 2 aromatic rings. The first-order chi connectivity index (χ1) is 10.1. The average molecular weight is 366 g/mol. The quantitative estimate of drug-likeness (QED) is 0.776. The molecule has 21 heavy (non-hydrogen) atoms. The van der Waals surface area contributed by atoms with Gasteiger partial charge in [-0.3, -0.25) is 0 Å². The lowest BCUT2D eigenvalue weighted by atomic mass is 10.1. The predicted molar refractivity (Wildman–Crippen MR) is 92.1 cm³/mol. The van der Waals surface area contributed by atoms with Crippen molar-refractivity contribution in [3.63, 3.8) is 0 Å². The van der Waals surface area contributed by atoms with Crippen molar-refractivity contribution in [3.05, 3.63) is 56.7 Å². The fraction of sp³-hybridized carbons (Fsp3) is 0.188. The molecule has 0 bridgehead atoms. The smallest absolute Gasteiger partial charge is 0.328 e. The van der Waals surface area contributed by atoms with Gasteiger partial charge in [0.05, 0.1) is 0 Å². The molecule has 0 aliphatic carbocycles. The average Bonchev–Trinajstić information content (AvgIpc) is 2.96. The van der Waals surface area contributed by atoms with Gasteiger partial charge in [0.15, 0.2) is 0 Å². The van der Waals surface area contributed by atoms with Crippen molar-refractivity contribution in [1.29, 1.82) is 0 Å². The van der Waals surface area contributed by atoms with E-state index in [1.54, 1.807) is 17.4 Å². The zero-order chi connectivity index (χ0) is 15.2. The molecule has 0 spiro atoms. The lowest BCUT2D eigenvalue weighted by molar-refractivity contribution is -0.131. The molecule has 0 saturated carbocycles. The number of halogens is 1. The van der Waals surface area contributed by atoms with Crippen LogP contribution in [-0.2, 0) is 11.2 Å². The second-order valence-corrected chi connectivity index (χ2v) is 6.57. The van der Waals surface area contributed by atoms with Crippen LogP contribution in [0.15, 0.2) is 46.3 Å². The first-order valence-electron chi connectivity index (χ1n) is 6.50. The Morgan fingerprint density at radius 2 is 2.24 bits per heavy atom. The van der Waals surface area contributed by atoms with Gasteiger partial charge in [0, 0.05) is 34.7 Å². The number of carboxylic acid groups (broad SMARTS) is 1. The van der Waals surface area contributed by atoms with Crippen LogP contribution >= 0.6 is 27.3 Å². The van der Waals surface area contributed by atoms with Crippen molar-refractivity contribution in [2.24, 2.45) is 0 Å². The first kappa shape index (κ1) is 15.8. The van der Waals surface area contributed by atoms with Gasteiger partial charge in [0.2, 0.25) is 0 Å². The number of likely N-dealkylation sites (N-methyl/N-ethyl adjacent to an activating group) is 1. The molecule has 0 radical (unpaired) electrons. The third kappa shape index (κ3) is 4.72. The van der Waals surface area contributed by atoms with E-state index < -0.39 is 5.97 Å². The fourth-order valence-electron chi connectivity index (χ4n) is 2.02. The number of aliphatic carboxylic acids is 1. The van der Waals surface area contributed by atoms with E-state index in [1.807, 2.05) is 25.2 Å². The Hall–Kier alpha value is -1.59. The summed E-state index contributed by atoms with van der Waals surface area (Å²) in [5, 5.41) is 10.9. The molecule has 0 atom stereocenters. The van der Waals surface area contributed by atoms with Crippen molar-refractivity contribution in [1.82, 2.24) is 0 Å². The number of thiophene rings is 1. The molecular weight excluding hydrogens is 350 g/mol. The molecule has 0 saturated heterocycles. The van der Waals surface area contributed by atoms with E-state index in [0.717, 1.165) is 28.7 Å². The minimum Gasteiger partial charge on any atom is -0.478 e. The standard InChI is InChI=1S/C16H16BrNO2S/c1-18(9-8-14-3-2-10-21-14)15-6-5-13(17)11-12(15)4-7-16(19)20/h2-7,10-11H,8-9H2,1H3,(H,19,20)/b7-4+. The van der Waals surface area contributed by atoms with Gasteiger partial charge in [-0.1, -0.05) is 22.0 Å². The van der Waals surface area contributed by atoms with Crippen LogP contribution in [0.2, 0.25) is 0 Å². The Labute approximate surface area is 136 Å². The van der Waals surface area contributed by atoms with Crippen molar-refractivity contribution in [2.75, 3.05) is 18.5 Å². The molecule has 0 amide bonds. The molecule has 1 aromatic carbocycles. The predicted octanol–water partition coefficient (Wildman–Crippen LogP) is 4.29. The Balaban J connectivity index is 2.15. The minimum atomic E-state index is -0.942. The highest BCUT2D eigenvalue weighted by atomic mass is 79.9. The van der Waals surface area contributed by atoms with Crippen LogP contribution in [0.1, 0.15) is 10.4 Å². The zero-order valence-electron chi connectivity index (χ0n) is 11.6. The van der Waals surface area contributed by atoms with Crippen molar-refractivity contribution in [3.8, 4) is 0 Å². The van der Waals surface area contributed by atoms with Crippen LogP contribution in [0.5, 0.6) is 0 Å². The molecule has 1 N–H and O–H groups in total.